The Morgan fingerprint density at radius 1 is 1.14 bits per heavy atom. The van der Waals surface area contributed by atoms with Gasteiger partial charge in [0, 0.05) is 5.56 Å². The number of rotatable bonds is 3. The second-order valence-electron chi connectivity index (χ2n) is 4.63. The second kappa shape index (κ2) is 5.78. The van der Waals surface area contributed by atoms with Gasteiger partial charge >= 0.3 is 0 Å². The maximum absolute atomic E-state index is 13.9. The van der Waals surface area contributed by atoms with Crippen LogP contribution in [0.25, 0.3) is 0 Å². The summed E-state index contributed by atoms with van der Waals surface area (Å²) in [5.41, 5.74) is 7.01. The molecule has 0 aliphatic rings. The minimum absolute atomic E-state index is 0.0690. The summed E-state index contributed by atoms with van der Waals surface area (Å²) >= 11 is 0. The summed E-state index contributed by atoms with van der Waals surface area (Å²) in [4.78, 5) is 0. The van der Waals surface area contributed by atoms with E-state index in [4.69, 9.17) is 15.7 Å². The Hall–Kier alpha value is -2.63. The SMILES string of the molecule is Cc1ccc(Oc2c(F)cc(/C(N)=N/O)cc2F)c(C)c1. The molecule has 0 saturated heterocycles. The number of hydrogen-bond donors (Lipinski definition) is 2. The second-order valence-corrected chi connectivity index (χ2v) is 4.63. The van der Waals surface area contributed by atoms with Crippen molar-refractivity contribution in [1.29, 1.82) is 0 Å². The molecule has 0 bridgehead atoms. The number of amidine groups is 1. The zero-order valence-electron chi connectivity index (χ0n) is 11.5. The molecule has 0 aromatic heterocycles. The van der Waals surface area contributed by atoms with Crippen molar-refractivity contribution in [2.24, 2.45) is 10.9 Å². The lowest BCUT2D eigenvalue weighted by Crippen LogP contribution is -2.14. The van der Waals surface area contributed by atoms with Gasteiger partial charge in [-0.2, -0.15) is 0 Å². The molecule has 0 amide bonds. The number of oxime groups is 1. The smallest absolute Gasteiger partial charge is 0.198 e. The number of hydrogen-bond acceptors (Lipinski definition) is 3. The number of halogens is 2. The molecule has 110 valence electrons. The van der Waals surface area contributed by atoms with E-state index in [1.165, 1.54) is 0 Å². The Morgan fingerprint density at radius 3 is 2.29 bits per heavy atom. The van der Waals surface area contributed by atoms with Crippen molar-refractivity contribution in [1.82, 2.24) is 0 Å². The third kappa shape index (κ3) is 3.10. The van der Waals surface area contributed by atoms with Crippen LogP contribution in [0.1, 0.15) is 16.7 Å². The summed E-state index contributed by atoms with van der Waals surface area (Å²) in [6, 6.07) is 7.15. The fraction of sp³-hybridized carbons (Fsp3) is 0.133. The molecular formula is C15H14F2N2O2. The molecular weight excluding hydrogens is 278 g/mol. The van der Waals surface area contributed by atoms with E-state index in [1.807, 2.05) is 13.0 Å². The lowest BCUT2D eigenvalue weighted by atomic mass is 10.1. The van der Waals surface area contributed by atoms with Gasteiger partial charge in [-0.25, -0.2) is 8.78 Å². The highest BCUT2D eigenvalue weighted by molar-refractivity contribution is 5.97. The van der Waals surface area contributed by atoms with E-state index in [0.717, 1.165) is 23.3 Å². The van der Waals surface area contributed by atoms with Gasteiger partial charge in [-0.1, -0.05) is 22.9 Å². The highest BCUT2D eigenvalue weighted by Crippen LogP contribution is 2.30. The Balaban J connectivity index is 2.41. The molecule has 0 aliphatic heterocycles. The molecule has 21 heavy (non-hydrogen) atoms. The van der Waals surface area contributed by atoms with Crippen molar-refractivity contribution < 1.29 is 18.7 Å². The number of benzene rings is 2. The van der Waals surface area contributed by atoms with Crippen molar-refractivity contribution in [3.63, 3.8) is 0 Å². The Kier molecular flexibility index (Phi) is 4.07. The van der Waals surface area contributed by atoms with E-state index >= 15 is 0 Å². The molecule has 0 aliphatic carbocycles. The first kappa shape index (κ1) is 14.8. The monoisotopic (exact) mass is 292 g/mol. The quantitative estimate of drug-likeness (QED) is 0.394. The van der Waals surface area contributed by atoms with Gasteiger partial charge in [-0.3, -0.25) is 0 Å². The van der Waals surface area contributed by atoms with Gasteiger partial charge < -0.3 is 15.7 Å². The van der Waals surface area contributed by atoms with Crippen molar-refractivity contribution in [2.45, 2.75) is 13.8 Å². The van der Waals surface area contributed by atoms with Crippen LogP contribution in [0.5, 0.6) is 11.5 Å². The molecule has 0 saturated carbocycles. The highest BCUT2D eigenvalue weighted by Gasteiger charge is 2.16. The minimum Gasteiger partial charge on any atom is -0.451 e. The lowest BCUT2D eigenvalue weighted by molar-refractivity contribution is 0.318. The van der Waals surface area contributed by atoms with E-state index < -0.39 is 17.4 Å². The number of aryl methyl sites for hydroxylation is 2. The predicted octanol–water partition coefficient (Wildman–Crippen LogP) is 3.47. The van der Waals surface area contributed by atoms with E-state index in [0.29, 0.717) is 5.75 Å². The van der Waals surface area contributed by atoms with E-state index in [9.17, 15) is 8.78 Å². The first-order chi connectivity index (χ1) is 9.92. The fourth-order valence-corrected chi connectivity index (χ4v) is 1.89. The van der Waals surface area contributed by atoms with Crippen LogP contribution in [0.2, 0.25) is 0 Å². The summed E-state index contributed by atoms with van der Waals surface area (Å²) < 4.78 is 33.2. The summed E-state index contributed by atoms with van der Waals surface area (Å²) in [5.74, 6) is -2.43. The first-order valence-corrected chi connectivity index (χ1v) is 6.14. The van der Waals surface area contributed by atoms with Crippen LogP contribution in [0, 0.1) is 25.5 Å². The largest absolute Gasteiger partial charge is 0.451 e. The van der Waals surface area contributed by atoms with Crippen molar-refractivity contribution in [2.75, 3.05) is 0 Å². The van der Waals surface area contributed by atoms with Crippen LogP contribution in [0.4, 0.5) is 8.78 Å². The van der Waals surface area contributed by atoms with Gasteiger partial charge in [0.05, 0.1) is 0 Å². The average Bonchev–Trinajstić information content (AvgIpc) is 2.43. The third-order valence-electron chi connectivity index (χ3n) is 2.94. The van der Waals surface area contributed by atoms with E-state index in [2.05, 4.69) is 5.16 Å². The normalized spacial score (nSPS) is 11.5. The molecule has 2 rings (SSSR count). The maximum Gasteiger partial charge on any atom is 0.198 e. The van der Waals surface area contributed by atoms with Crippen LogP contribution in [-0.4, -0.2) is 11.0 Å². The molecule has 0 fully saturated rings. The highest BCUT2D eigenvalue weighted by atomic mass is 19.1. The minimum atomic E-state index is -0.934. The maximum atomic E-state index is 13.9. The summed E-state index contributed by atoms with van der Waals surface area (Å²) in [7, 11) is 0. The summed E-state index contributed by atoms with van der Waals surface area (Å²) in [5, 5.41) is 11.2. The van der Waals surface area contributed by atoms with Crippen LogP contribution < -0.4 is 10.5 Å². The zero-order valence-corrected chi connectivity index (χ0v) is 11.5. The standard InChI is InChI=1S/C15H14F2N2O2/c1-8-3-4-13(9(2)5-8)21-14-11(16)6-10(7-12(14)17)15(18)19-20/h3-7,20H,1-2H3,(H2,18,19). The topological polar surface area (TPSA) is 67.8 Å². The predicted molar refractivity (Wildman–Crippen MR) is 74.9 cm³/mol. The van der Waals surface area contributed by atoms with Crippen LogP contribution >= 0.6 is 0 Å². The van der Waals surface area contributed by atoms with Crippen molar-refractivity contribution in [3.05, 3.63) is 58.7 Å². The number of ether oxygens (including phenoxy) is 1. The third-order valence-corrected chi connectivity index (χ3v) is 2.94. The molecule has 0 radical (unpaired) electrons. The fourth-order valence-electron chi connectivity index (χ4n) is 1.89. The Morgan fingerprint density at radius 2 is 1.76 bits per heavy atom. The van der Waals surface area contributed by atoms with Gasteiger partial charge in [0.2, 0.25) is 0 Å². The molecule has 2 aromatic rings. The van der Waals surface area contributed by atoms with Crippen LogP contribution in [0.15, 0.2) is 35.5 Å². The summed E-state index contributed by atoms with van der Waals surface area (Å²) in [6.07, 6.45) is 0. The number of nitrogens with zero attached hydrogens (tertiary/aromatic N) is 1. The molecule has 4 nitrogen and oxygen atoms in total. The molecule has 0 atom stereocenters. The Labute approximate surface area is 120 Å². The average molecular weight is 292 g/mol. The van der Waals surface area contributed by atoms with Crippen LogP contribution in [0.3, 0.4) is 0 Å². The first-order valence-electron chi connectivity index (χ1n) is 6.14. The van der Waals surface area contributed by atoms with Gasteiger partial charge in [-0.15, -0.1) is 0 Å². The van der Waals surface area contributed by atoms with E-state index in [1.54, 1.807) is 19.1 Å². The summed E-state index contributed by atoms with van der Waals surface area (Å²) in [6.45, 7) is 3.69. The molecule has 0 unspecified atom stereocenters. The molecule has 2 aromatic carbocycles. The molecule has 3 N–H and O–H groups in total. The van der Waals surface area contributed by atoms with Crippen LogP contribution in [-0.2, 0) is 0 Å². The number of nitrogens with two attached hydrogens (primary N) is 1. The lowest BCUT2D eigenvalue weighted by Gasteiger charge is -2.12. The van der Waals surface area contributed by atoms with Gasteiger partial charge in [0.1, 0.15) is 5.75 Å². The van der Waals surface area contributed by atoms with Gasteiger partial charge in [0.25, 0.3) is 0 Å². The molecule has 6 heteroatoms. The zero-order chi connectivity index (χ0) is 15.6. The van der Waals surface area contributed by atoms with Gasteiger partial charge in [-0.05, 0) is 37.6 Å². The molecule has 0 heterocycles. The van der Waals surface area contributed by atoms with E-state index in [-0.39, 0.29) is 11.4 Å². The Bertz CT molecular complexity index is 692. The molecule has 0 spiro atoms. The van der Waals surface area contributed by atoms with Gasteiger partial charge in [0.15, 0.2) is 23.2 Å². The van der Waals surface area contributed by atoms with Crippen molar-refractivity contribution >= 4 is 5.84 Å². The van der Waals surface area contributed by atoms with Crippen molar-refractivity contribution in [3.8, 4) is 11.5 Å².